The summed E-state index contributed by atoms with van der Waals surface area (Å²) in [6, 6.07) is 7.26. The maximum absolute atomic E-state index is 12.4. The van der Waals surface area contributed by atoms with Gasteiger partial charge in [0.25, 0.3) is 0 Å². The Morgan fingerprint density at radius 2 is 2.22 bits per heavy atom. The normalized spacial score (nSPS) is 18.0. The highest BCUT2D eigenvalue weighted by Crippen LogP contribution is 2.31. The molecule has 0 saturated carbocycles. The molecule has 1 aliphatic heterocycles. The van der Waals surface area contributed by atoms with Crippen LogP contribution in [0.15, 0.2) is 59.4 Å². The van der Waals surface area contributed by atoms with Gasteiger partial charge >= 0.3 is 0 Å². The highest BCUT2D eigenvalue weighted by atomic mass is 32.1. The van der Waals surface area contributed by atoms with E-state index in [1.165, 1.54) is 11.5 Å². The van der Waals surface area contributed by atoms with E-state index in [4.69, 9.17) is 5.73 Å². The number of hydrogen-bond acceptors (Lipinski definition) is 5. The van der Waals surface area contributed by atoms with E-state index in [-0.39, 0.29) is 11.8 Å². The zero-order valence-electron chi connectivity index (χ0n) is 12.2. The Morgan fingerprint density at radius 1 is 1.35 bits per heavy atom. The second-order valence-electron chi connectivity index (χ2n) is 5.45. The van der Waals surface area contributed by atoms with E-state index >= 15 is 0 Å². The minimum atomic E-state index is -0.0667. The number of nitrogen functional groups attached to an aromatic ring is 1. The van der Waals surface area contributed by atoms with Gasteiger partial charge in [0.2, 0.25) is 5.91 Å². The monoisotopic (exact) mass is 322 g/mol. The third-order valence-electron chi connectivity index (χ3n) is 3.95. The number of nitrogens with one attached hydrogen (secondary N) is 1. The SMILES string of the molecule is Nc1ccccc1NC(=O)CC1C=CC=C2N=c3sncc3=C21. The number of hydrogen-bond donors (Lipinski definition) is 2. The summed E-state index contributed by atoms with van der Waals surface area (Å²) in [5.41, 5.74) is 9.11. The number of carbonyl (C=O) groups excluding carboxylic acids is 1. The lowest BCUT2D eigenvalue weighted by Crippen LogP contribution is -2.23. The first-order valence-corrected chi connectivity index (χ1v) is 8.06. The van der Waals surface area contributed by atoms with Crippen LogP contribution in [0.4, 0.5) is 11.4 Å². The van der Waals surface area contributed by atoms with Gasteiger partial charge in [-0.25, -0.2) is 4.99 Å². The third kappa shape index (κ3) is 2.47. The molecule has 1 atom stereocenters. The first-order chi connectivity index (χ1) is 11.2. The number of aromatic nitrogens is 1. The average Bonchev–Trinajstić information content (AvgIpc) is 3.10. The molecule has 2 heterocycles. The first kappa shape index (κ1) is 13.9. The summed E-state index contributed by atoms with van der Waals surface area (Å²) in [6.07, 6.45) is 8.16. The van der Waals surface area contributed by atoms with Crippen LogP contribution in [0.5, 0.6) is 0 Å². The molecule has 114 valence electrons. The van der Waals surface area contributed by atoms with Gasteiger partial charge in [-0.05, 0) is 35.3 Å². The molecule has 0 spiro atoms. The molecule has 4 rings (SSSR count). The van der Waals surface area contributed by atoms with Gasteiger partial charge in [-0.3, -0.25) is 4.79 Å². The number of rotatable bonds is 3. The van der Waals surface area contributed by atoms with Crippen molar-refractivity contribution in [3.05, 3.63) is 64.3 Å². The smallest absolute Gasteiger partial charge is 0.225 e. The lowest BCUT2D eigenvalue weighted by atomic mass is 9.89. The van der Waals surface area contributed by atoms with Crippen molar-refractivity contribution in [2.75, 3.05) is 11.1 Å². The Balaban J connectivity index is 1.58. The molecule has 3 N–H and O–H groups in total. The van der Waals surface area contributed by atoms with Crippen LogP contribution in [-0.2, 0) is 4.79 Å². The highest BCUT2D eigenvalue weighted by Gasteiger charge is 2.25. The number of fused-ring (bicyclic) bond motifs is 2. The molecular weight excluding hydrogens is 308 g/mol. The standard InChI is InChI=1S/C17H14N4OS/c18-12-5-1-2-6-13(12)20-15(22)8-10-4-3-7-14-16(10)11-9-19-23-17(11)21-14/h1-7,9-10H,8,18H2,(H,20,22). The lowest BCUT2D eigenvalue weighted by Gasteiger charge is -2.18. The maximum atomic E-state index is 12.4. The van der Waals surface area contributed by atoms with Gasteiger partial charge < -0.3 is 11.1 Å². The molecule has 1 amide bonds. The Morgan fingerprint density at radius 3 is 3.09 bits per heavy atom. The van der Waals surface area contributed by atoms with Crippen molar-refractivity contribution >= 4 is 34.4 Å². The largest absolute Gasteiger partial charge is 0.397 e. The number of para-hydroxylation sites is 2. The Labute approximate surface area is 136 Å². The van der Waals surface area contributed by atoms with Crippen molar-refractivity contribution < 1.29 is 4.79 Å². The summed E-state index contributed by atoms with van der Waals surface area (Å²) in [5, 5.41) is 3.93. The number of benzene rings is 1. The summed E-state index contributed by atoms with van der Waals surface area (Å²) >= 11 is 1.38. The van der Waals surface area contributed by atoms with Gasteiger partial charge in [-0.2, -0.15) is 4.37 Å². The molecule has 5 nitrogen and oxygen atoms in total. The van der Waals surface area contributed by atoms with Gasteiger partial charge in [-0.15, -0.1) is 0 Å². The van der Waals surface area contributed by atoms with Gasteiger partial charge in [0, 0.05) is 17.6 Å². The Hall–Kier alpha value is -2.73. The fourth-order valence-electron chi connectivity index (χ4n) is 2.88. The summed E-state index contributed by atoms with van der Waals surface area (Å²) in [5.74, 6) is -0.0655. The topological polar surface area (TPSA) is 80.4 Å². The predicted octanol–water partition coefficient (Wildman–Crippen LogP) is 1.61. The lowest BCUT2D eigenvalue weighted by molar-refractivity contribution is -0.116. The quantitative estimate of drug-likeness (QED) is 0.843. The van der Waals surface area contributed by atoms with Crippen molar-refractivity contribution in [1.29, 1.82) is 0 Å². The Kier molecular flexibility index (Phi) is 3.31. The van der Waals surface area contributed by atoms with Gasteiger partial charge in [0.15, 0.2) is 0 Å². The van der Waals surface area contributed by atoms with Gasteiger partial charge in [0.1, 0.15) is 4.67 Å². The van der Waals surface area contributed by atoms with Crippen LogP contribution in [0.3, 0.4) is 0 Å². The molecule has 1 aromatic heterocycles. The van der Waals surface area contributed by atoms with Crippen LogP contribution in [0.25, 0.3) is 5.57 Å². The number of allylic oxidation sites excluding steroid dienone is 4. The molecule has 0 saturated heterocycles. The zero-order valence-corrected chi connectivity index (χ0v) is 13.0. The van der Waals surface area contributed by atoms with Crippen molar-refractivity contribution in [2.45, 2.75) is 6.42 Å². The van der Waals surface area contributed by atoms with E-state index in [1.807, 2.05) is 36.6 Å². The molecule has 2 aromatic rings. The molecule has 23 heavy (non-hydrogen) atoms. The van der Waals surface area contributed by atoms with E-state index in [2.05, 4.69) is 14.7 Å². The maximum Gasteiger partial charge on any atom is 0.225 e. The minimum absolute atomic E-state index is 0.00124. The molecule has 0 fully saturated rings. The number of nitrogens with two attached hydrogens (primary N) is 1. The fourth-order valence-corrected chi connectivity index (χ4v) is 3.54. The predicted molar refractivity (Wildman–Crippen MR) is 91.1 cm³/mol. The van der Waals surface area contributed by atoms with Crippen LogP contribution >= 0.6 is 11.5 Å². The number of anilines is 2. The molecule has 0 radical (unpaired) electrons. The number of amides is 1. The van der Waals surface area contributed by atoms with Crippen LogP contribution in [0.1, 0.15) is 6.42 Å². The van der Waals surface area contributed by atoms with Crippen LogP contribution < -0.4 is 20.9 Å². The molecule has 1 aromatic carbocycles. The van der Waals surface area contributed by atoms with E-state index in [0.29, 0.717) is 17.8 Å². The molecule has 1 unspecified atom stereocenters. The summed E-state index contributed by atoms with van der Waals surface area (Å²) in [6.45, 7) is 0. The molecular formula is C17H14N4OS. The molecule has 0 bridgehead atoms. The van der Waals surface area contributed by atoms with E-state index < -0.39 is 0 Å². The van der Waals surface area contributed by atoms with E-state index in [9.17, 15) is 4.79 Å². The molecule has 2 aliphatic rings. The van der Waals surface area contributed by atoms with Crippen LogP contribution in [0.2, 0.25) is 0 Å². The fraction of sp³-hybridized carbons (Fsp3) is 0.118. The van der Waals surface area contributed by atoms with Crippen LogP contribution in [-0.4, -0.2) is 10.3 Å². The molecule has 6 heteroatoms. The Bertz CT molecular complexity index is 970. The average molecular weight is 322 g/mol. The zero-order chi connectivity index (χ0) is 15.8. The minimum Gasteiger partial charge on any atom is -0.397 e. The van der Waals surface area contributed by atoms with E-state index in [0.717, 1.165) is 21.2 Å². The number of nitrogens with zero attached hydrogens (tertiary/aromatic N) is 2. The first-order valence-electron chi connectivity index (χ1n) is 7.29. The number of carbonyl (C=O) groups is 1. The second-order valence-corrected chi connectivity index (χ2v) is 6.23. The summed E-state index contributed by atoms with van der Waals surface area (Å²) in [7, 11) is 0. The summed E-state index contributed by atoms with van der Waals surface area (Å²) < 4.78 is 5.11. The van der Waals surface area contributed by atoms with Crippen molar-refractivity contribution in [3.8, 4) is 0 Å². The van der Waals surface area contributed by atoms with Crippen LogP contribution in [0, 0.1) is 5.92 Å². The van der Waals surface area contributed by atoms with Crippen molar-refractivity contribution in [1.82, 2.24) is 4.37 Å². The van der Waals surface area contributed by atoms with Crippen molar-refractivity contribution in [3.63, 3.8) is 0 Å². The van der Waals surface area contributed by atoms with Crippen molar-refractivity contribution in [2.24, 2.45) is 10.9 Å². The molecule has 1 aliphatic carbocycles. The van der Waals surface area contributed by atoms with Gasteiger partial charge in [0.05, 0.1) is 23.3 Å². The second kappa shape index (κ2) is 5.48. The highest BCUT2D eigenvalue weighted by molar-refractivity contribution is 7.03. The summed E-state index contributed by atoms with van der Waals surface area (Å²) in [4.78, 5) is 17.0. The third-order valence-corrected chi connectivity index (χ3v) is 4.64. The van der Waals surface area contributed by atoms with Gasteiger partial charge in [-0.1, -0.05) is 24.3 Å². The van der Waals surface area contributed by atoms with E-state index in [1.54, 1.807) is 12.1 Å².